The van der Waals surface area contributed by atoms with Gasteiger partial charge >= 0.3 is 0 Å². The second kappa shape index (κ2) is 8.18. The number of halogens is 1. The van der Waals surface area contributed by atoms with Crippen LogP contribution in [0.2, 0.25) is 5.02 Å². The molecule has 1 atom stereocenters. The third-order valence-electron chi connectivity index (χ3n) is 4.79. The summed E-state index contributed by atoms with van der Waals surface area (Å²) >= 11 is 5.90. The Morgan fingerprint density at radius 2 is 1.86 bits per heavy atom. The maximum Gasteiger partial charge on any atom is 0.233 e. The van der Waals surface area contributed by atoms with Gasteiger partial charge in [0, 0.05) is 23.7 Å². The van der Waals surface area contributed by atoms with Gasteiger partial charge in [-0.15, -0.1) is 0 Å². The van der Waals surface area contributed by atoms with Crippen LogP contribution in [0.4, 0.5) is 5.88 Å². The maximum absolute atomic E-state index is 13.2. The molecule has 0 spiro atoms. The highest BCUT2D eigenvalue weighted by Crippen LogP contribution is 2.33. The lowest BCUT2D eigenvalue weighted by molar-refractivity contribution is 0.120. The fraction of sp³-hybridized carbons (Fsp3) is 0.286. The van der Waals surface area contributed by atoms with Crippen LogP contribution in [0, 0.1) is 6.92 Å². The minimum absolute atomic E-state index is 0.0222. The Kier molecular flexibility index (Phi) is 5.63. The van der Waals surface area contributed by atoms with Crippen LogP contribution in [-0.4, -0.2) is 32.7 Å². The van der Waals surface area contributed by atoms with Crippen molar-refractivity contribution in [1.29, 1.82) is 0 Å². The number of oxazole rings is 1. The average Bonchev–Trinajstić information content (AvgIpc) is 3.37. The van der Waals surface area contributed by atoms with E-state index < -0.39 is 9.84 Å². The van der Waals surface area contributed by atoms with Crippen LogP contribution in [0.1, 0.15) is 18.4 Å². The van der Waals surface area contributed by atoms with Crippen molar-refractivity contribution in [3.05, 3.63) is 59.1 Å². The van der Waals surface area contributed by atoms with Gasteiger partial charge in [-0.25, -0.2) is 8.42 Å². The van der Waals surface area contributed by atoms with Gasteiger partial charge < -0.3 is 14.5 Å². The first-order valence-electron chi connectivity index (χ1n) is 9.37. The van der Waals surface area contributed by atoms with Crippen LogP contribution in [0.15, 0.2) is 62.9 Å². The maximum atomic E-state index is 13.2. The lowest BCUT2D eigenvalue weighted by atomic mass is 10.1. The minimum Gasteiger partial charge on any atom is -0.419 e. The van der Waals surface area contributed by atoms with E-state index in [1.54, 1.807) is 0 Å². The van der Waals surface area contributed by atoms with Crippen LogP contribution >= 0.6 is 11.6 Å². The molecule has 1 aliphatic heterocycles. The highest BCUT2D eigenvalue weighted by atomic mass is 35.5. The zero-order chi connectivity index (χ0) is 20.4. The molecular formula is C21H21ClN2O4S. The molecule has 1 fully saturated rings. The first-order valence-corrected chi connectivity index (χ1v) is 11.2. The van der Waals surface area contributed by atoms with E-state index in [0.717, 1.165) is 18.4 Å². The first-order chi connectivity index (χ1) is 13.9. The predicted octanol–water partition coefficient (Wildman–Crippen LogP) is 4.73. The molecule has 152 valence electrons. The summed E-state index contributed by atoms with van der Waals surface area (Å²) in [6, 6.07) is 13.5. The van der Waals surface area contributed by atoms with Gasteiger partial charge in [0.15, 0.2) is 0 Å². The molecule has 1 aliphatic rings. The standard InChI is InChI=1S/C21H21ClN2O4S/c1-14-4-6-15(7-5-14)19-24-21(20(28-19)23-13-17-3-2-12-27-17)29(25,26)18-10-8-16(22)9-11-18/h4-11,17,23H,2-3,12-13H2,1H3/t17-/m0/s1. The van der Waals surface area contributed by atoms with Gasteiger partial charge in [0.05, 0.1) is 11.0 Å². The molecule has 2 heterocycles. The molecule has 8 heteroatoms. The molecule has 2 aromatic carbocycles. The zero-order valence-corrected chi connectivity index (χ0v) is 17.5. The summed E-state index contributed by atoms with van der Waals surface area (Å²) in [5.74, 6) is 0.360. The number of benzene rings is 2. The van der Waals surface area contributed by atoms with Gasteiger partial charge in [-0.1, -0.05) is 29.3 Å². The van der Waals surface area contributed by atoms with Crippen LogP contribution in [0.25, 0.3) is 11.5 Å². The minimum atomic E-state index is -3.89. The van der Waals surface area contributed by atoms with Crippen molar-refractivity contribution in [3.63, 3.8) is 0 Å². The summed E-state index contributed by atoms with van der Waals surface area (Å²) < 4.78 is 37.9. The number of rotatable bonds is 6. The number of hydrogen-bond acceptors (Lipinski definition) is 6. The molecule has 0 saturated carbocycles. The smallest absolute Gasteiger partial charge is 0.233 e. The highest BCUT2D eigenvalue weighted by molar-refractivity contribution is 7.91. The van der Waals surface area contributed by atoms with Crippen LogP contribution in [0.5, 0.6) is 0 Å². The molecule has 29 heavy (non-hydrogen) atoms. The third kappa shape index (κ3) is 4.32. The average molecular weight is 433 g/mol. The summed E-state index contributed by atoms with van der Waals surface area (Å²) in [6.07, 6.45) is 1.94. The summed E-state index contributed by atoms with van der Waals surface area (Å²) in [7, 11) is -3.89. The van der Waals surface area contributed by atoms with Crippen molar-refractivity contribution in [3.8, 4) is 11.5 Å². The van der Waals surface area contributed by atoms with Gasteiger partial charge in [0.1, 0.15) is 0 Å². The van der Waals surface area contributed by atoms with Gasteiger partial charge in [-0.2, -0.15) is 4.98 Å². The van der Waals surface area contributed by atoms with E-state index in [1.807, 2.05) is 31.2 Å². The van der Waals surface area contributed by atoms with Crippen LogP contribution in [0.3, 0.4) is 0 Å². The normalized spacial score (nSPS) is 16.8. The fourth-order valence-corrected chi connectivity index (χ4v) is 4.56. The first kappa shape index (κ1) is 19.9. The summed E-state index contributed by atoms with van der Waals surface area (Å²) in [5.41, 5.74) is 1.79. The third-order valence-corrected chi connectivity index (χ3v) is 6.72. The van der Waals surface area contributed by atoms with Gasteiger partial charge in [0.2, 0.25) is 26.6 Å². The predicted molar refractivity (Wildman–Crippen MR) is 111 cm³/mol. The zero-order valence-electron chi connectivity index (χ0n) is 15.9. The largest absolute Gasteiger partial charge is 0.419 e. The fourth-order valence-electron chi connectivity index (χ4n) is 3.16. The Bertz CT molecular complexity index is 1090. The monoisotopic (exact) mass is 432 g/mol. The molecule has 3 aromatic rings. The Labute approximate surface area is 174 Å². The van der Waals surface area contributed by atoms with Gasteiger partial charge in [-0.3, -0.25) is 0 Å². The summed E-state index contributed by atoms with van der Waals surface area (Å²) in [5, 5.41) is 3.40. The van der Waals surface area contributed by atoms with E-state index in [2.05, 4.69) is 10.3 Å². The van der Waals surface area contributed by atoms with E-state index in [9.17, 15) is 8.42 Å². The molecule has 0 unspecified atom stereocenters. The number of nitrogens with one attached hydrogen (secondary N) is 1. The molecule has 1 N–H and O–H groups in total. The number of hydrogen-bond donors (Lipinski definition) is 1. The van der Waals surface area contributed by atoms with E-state index in [-0.39, 0.29) is 27.8 Å². The molecular weight excluding hydrogens is 412 g/mol. The molecule has 0 amide bonds. The SMILES string of the molecule is Cc1ccc(-c2nc(S(=O)(=O)c3ccc(Cl)cc3)c(NC[C@@H]3CCCO3)o2)cc1. The molecule has 0 radical (unpaired) electrons. The van der Waals surface area contributed by atoms with Crippen molar-refractivity contribution >= 4 is 27.3 Å². The van der Waals surface area contributed by atoms with E-state index in [1.165, 1.54) is 24.3 Å². The Morgan fingerprint density at radius 1 is 1.14 bits per heavy atom. The summed E-state index contributed by atoms with van der Waals surface area (Å²) in [4.78, 5) is 4.44. The van der Waals surface area contributed by atoms with Crippen molar-refractivity contribution in [2.24, 2.45) is 0 Å². The number of aryl methyl sites for hydroxylation is 1. The summed E-state index contributed by atoms with van der Waals surface area (Å²) in [6.45, 7) is 3.14. The molecule has 1 saturated heterocycles. The number of ether oxygens (including phenoxy) is 1. The molecule has 6 nitrogen and oxygen atoms in total. The Hall–Kier alpha value is -2.35. The second-order valence-corrected chi connectivity index (χ2v) is 9.29. The lowest BCUT2D eigenvalue weighted by Gasteiger charge is -2.10. The van der Waals surface area contributed by atoms with Gasteiger partial charge in [0.25, 0.3) is 0 Å². The molecule has 1 aromatic heterocycles. The number of anilines is 1. The quantitative estimate of drug-likeness (QED) is 0.606. The topological polar surface area (TPSA) is 81.4 Å². The molecule has 0 aliphatic carbocycles. The number of sulfone groups is 1. The second-order valence-electron chi connectivity index (χ2n) is 6.99. The van der Waals surface area contributed by atoms with Gasteiger partial charge in [-0.05, 0) is 56.2 Å². The van der Waals surface area contributed by atoms with Crippen LogP contribution < -0.4 is 5.32 Å². The molecule has 4 rings (SSSR count). The number of nitrogens with zero attached hydrogens (tertiary/aromatic N) is 1. The van der Waals surface area contributed by atoms with E-state index in [0.29, 0.717) is 23.7 Å². The van der Waals surface area contributed by atoms with Crippen molar-refractivity contribution in [1.82, 2.24) is 4.98 Å². The van der Waals surface area contributed by atoms with E-state index >= 15 is 0 Å². The van der Waals surface area contributed by atoms with Crippen LogP contribution in [-0.2, 0) is 14.6 Å². The van der Waals surface area contributed by atoms with Crippen molar-refractivity contribution < 1.29 is 17.6 Å². The molecule has 0 bridgehead atoms. The Balaban J connectivity index is 1.73. The van der Waals surface area contributed by atoms with Crippen molar-refractivity contribution in [2.45, 2.75) is 35.8 Å². The Morgan fingerprint density at radius 3 is 2.52 bits per heavy atom. The van der Waals surface area contributed by atoms with E-state index in [4.69, 9.17) is 20.8 Å². The highest BCUT2D eigenvalue weighted by Gasteiger charge is 2.29. The van der Waals surface area contributed by atoms with Crippen molar-refractivity contribution in [2.75, 3.05) is 18.5 Å². The number of aromatic nitrogens is 1. The lowest BCUT2D eigenvalue weighted by Crippen LogP contribution is -2.19.